The quantitative estimate of drug-likeness (QED) is 0.918. The highest BCUT2D eigenvalue weighted by molar-refractivity contribution is 9.10. The Morgan fingerprint density at radius 1 is 1.47 bits per heavy atom. The molecule has 0 fully saturated rings. The number of aromatic nitrogens is 1. The molecule has 2 nitrogen and oxygen atoms in total. The Kier molecular flexibility index (Phi) is 3.77. The smallest absolute Gasteiger partial charge is 0.184 e. The first-order chi connectivity index (χ1) is 7.29. The lowest BCUT2D eigenvalue weighted by atomic mass is 10.2. The lowest BCUT2D eigenvalue weighted by Crippen LogP contribution is -1.98. The lowest BCUT2D eigenvalue weighted by molar-refractivity contribution is 1.07. The molecule has 2 heterocycles. The van der Waals surface area contributed by atoms with Crippen LogP contribution in [-0.4, -0.2) is 4.98 Å². The fourth-order valence-corrected chi connectivity index (χ4v) is 3.39. The molecule has 2 rings (SSSR count). The zero-order valence-corrected chi connectivity index (χ0v) is 11.5. The van der Waals surface area contributed by atoms with Crippen LogP contribution in [-0.2, 0) is 13.0 Å². The monoisotopic (exact) mass is 302 g/mol. The maximum Gasteiger partial charge on any atom is 0.184 e. The van der Waals surface area contributed by atoms with E-state index in [1.165, 1.54) is 10.4 Å². The maximum atomic E-state index is 4.29. The summed E-state index contributed by atoms with van der Waals surface area (Å²) in [6.07, 6.45) is 1.10. The number of thiophene rings is 1. The number of aryl methyl sites for hydroxylation is 1. The topological polar surface area (TPSA) is 24.9 Å². The number of thiazole rings is 1. The van der Waals surface area contributed by atoms with Gasteiger partial charge in [0.15, 0.2) is 5.13 Å². The Balaban J connectivity index is 1.98. The van der Waals surface area contributed by atoms with Crippen LogP contribution in [0.5, 0.6) is 0 Å². The van der Waals surface area contributed by atoms with E-state index in [0.717, 1.165) is 22.7 Å². The maximum absolute atomic E-state index is 4.29. The first-order valence-electron chi connectivity index (χ1n) is 4.69. The van der Waals surface area contributed by atoms with Crippen LogP contribution in [0.2, 0.25) is 0 Å². The van der Waals surface area contributed by atoms with Gasteiger partial charge >= 0.3 is 0 Å². The summed E-state index contributed by atoms with van der Waals surface area (Å²) >= 11 is 6.76. The minimum Gasteiger partial charge on any atom is -0.357 e. The molecule has 0 aromatic carbocycles. The lowest BCUT2D eigenvalue weighted by Gasteiger charge is -2.02. The summed E-state index contributed by atoms with van der Waals surface area (Å²) in [6, 6.07) is 2.19. The molecule has 0 amide bonds. The highest BCUT2D eigenvalue weighted by Gasteiger charge is 2.03. The molecular formula is C10H11BrN2S2. The van der Waals surface area contributed by atoms with Gasteiger partial charge in [-0.3, -0.25) is 0 Å². The van der Waals surface area contributed by atoms with Crippen molar-refractivity contribution in [2.75, 3.05) is 5.32 Å². The van der Waals surface area contributed by atoms with Crippen molar-refractivity contribution in [1.29, 1.82) is 0 Å². The first kappa shape index (κ1) is 11.1. The number of nitrogens with one attached hydrogen (secondary N) is 1. The molecular weight excluding hydrogens is 292 g/mol. The van der Waals surface area contributed by atoms with Gasteiger partial charge in [-0.1, -0.05) is 6.92 Å². The number of rotatable bonds is 4. The van der Waals surface area contributed by atoms with E-state index in [4.69, 9.17) is 0 Å². The third-order valence-electron chi connectivity index (χ3n) is 2.09. The third-order valence-corrected chi connectivity index (χ3v) is 4.57. The van der Waals surface area contributed by atoms with Crippen molar-refractivity contribution >= 4 is 43.7 Å². The fourth-order valence-electron chi connectivity index (χ4n) is 1.33. The average molecular weight is 303 g/mol. The number of hydrogen-bond acceptors (Lipinski definition) is 4. The van der Waals surface area contributed by atoms with Crippen LogP contribution in [0.1, 0.15) is 17.4 Å². The minimum atomic E-state index is 0.876. The van der Waals surface area contributed by atoms with Crippen molar-refractivity contribution in [1.82, 2.24) is 4.98 Å². The van der Waals surface area contributed by atoms with Gasteiger partial charge in [0.2, 0.25) is 0 Å². The summed E-state index contributed by atoms with van der Waals surface area (Å²) in [5.41, 5.74) is 1.43. The second kappa shape index (κ2) is 5.09. The molecule has 2 aromatic rings. The van der Waals surface area contributed by atoms with Gasteiger partial charge in [0, 0.05) is 10.3 Å². The van der Waals surface area contributed by atoms with Gasteiger partial charge in [0.25, 0.3) is 0 Å². The second-order valence-electron chi connectivity index (χ2n) is 3.05. The first-order valence-corrected chi connectivity index (χ1v) is 7.25. The summed E-state index contributed by atoms with van der Waals surface area (Å²) in [7, 11) is 0. The van der Waals surface area contributed by atoms with Gasteiger partial charge in [-0.25, -0.2) is 4.98 Å². The largest absolute Gasteiger partial charge is 0.357 e. The molecule has 0 saturated carbocycles. The van der Waals surface area contributed by atoms with E-state index in [9.17, 15) is 0 Å². The summed E-state index contributed by atoms with van der Waals surface area (Å²) < 4.78 is 0.900. The van der Waals surface area contributed by atoms with Gasteiger partial charge in [0.1, 0.15) is 4.60 Å². The molecule has 0 aliphatic heterocycles. The molecule has 15 heavy (non-hydrogen) atoms. The van der Waals surface area contributed by atoms with Crippen LogP contribution in [0, 0.1) is 0 Å². The molecule has 0 saturated heterocycles. The Labute approximate surface area is 106 Å². The number of halogens is 1. The zero-order valence-electron chi connectivity index (χ0n) is 8.29. The third kappa shape index (κ3) is 2.80. The molecule has 0 radical (unpaired) electrons. The number of nitrogens with zero attached hydrogens (tertiary/aromatic N) is 1. The van der Waals surface area contributed by atoms with Crippen LogP contribution in [0.25, 0.3) is 0 Å². The van der Waals surface area contributed by atoms with E-state index in [1.807, 2.05) is 5.38 Å². The van der Waals surface area contributed by atoms with E-state index in [2.05, 4.69) is 44.6 Å². The number of hydrogen-bond donors (Lipinski definition) is 1. The molecule has 0 aliphatic rings. The van der Waals surface area contributed by atoms with E-state index < -0.39 is 0 Å². The van der Waals surface area contributed by atoms with Crippen LogP contribution >= 0.6 is 38.6 Å². The van der Waals surface area contributed by atoms with E-state index >= 15 is 0 Å². The van der Waals surface area contributed by atoms with Crippen LogP contribution < -0.4 is 5.32 Å². The van der Waals surface area contributed by atoms with Gasteiger partial charge in [-0.2, -0.15) is 0 Å². The Bertz CT molecular complexity index is 436. The van der Waals surface area contributed by atoms with Crippen molar-refractivity contribution in [3.05, 3.63) is 31.9 Å². The highest BCUT2D eigenvalue weighted by atomic mass is 79.9. The van der Waals surface area contributed by atoms with Crippen LogP contribution in [0.3, 0.4) is 0 Å². The fraction of sp³-hybridized carbons (Fsp3) is 0.300. The highest BCUT2D eigenvalue weighted by Crippen LogP contribution is 2.22. The normalized spacial score (nSPS) is 10.5. The predicted octanol–water partition coefficient (Wildman–Crippen LogP) is 4.14. The van der Waals surface area contributed by atoms with E-state index in [-0.39, 0.29) is 0 Å². The molecule has 0 bridgehead atoms. The van der Waals surface area contributed by atoms with Gasteiger partial charge in [0.05, 0.1) is 6.54 Å². The van der Waals surface area contributed by atoms with Crippen LogP contribution in [0.15, 0.2) is 21.4 Å². The molecule has 0 spiro atoms. The SMILES string of the molecule is CCc1ccsc1CNc1nc(Br)cs1. The molecule has 0 aliphatic carbocycles. The molecule has 1 N–H and O–H groups in total. The summed E-state index contributed by atoms with van der Waals surface area (Å²) in [6.45, 7) is 3.06. The molecule has 5 heteroatoms. The number of anilines is 1. The minimum absolute atomic E-state index is 0.876. The van der Waals surface area contributed by atoms with Crippen LogP contribution in [0.4, 0.5) is 5.13 Å². The summed E-state index contributed by atoms with van der Waals surface area (Å²) in [5, 5.41) is 8.43. The van der Waals surface area contributed by atoms with Crippen molar-refractivity contribution in [3.63, 3.8) is 0 Å². The zero-order chi connectivity index (χ0) is 10.7. The van der Waals surface area contributed by atoms with Crippen molar-refractivity contribution in [2.24, 2.45) is 0 Å². The van der Waals surface area contributed by atoms with Gasteiger partial charge in [-0.15, -0.1) is 22.7 Å². The van der Waals surface area contributed by atoms with Crippen molar-refractivity contribution in [2.45, 2.75) is 19.9 Å². The predicted molar refractivity (Wildman–Crippen MR) is 70.8 cm³/mol. The molecule has 0 atom stereocenters. The summed E-state index contributed by atoms with van der Waals surface area (Å²) in [4.78, 5) is 5.70. The Morgan fingerprint density at radius 2 is 2.33 bits per heavy atom. The Hall–Kier alpha value is -0.390. The second-order valence-corrected chi connectivity index (χ2v) is 5.72. The van der Waals surface area contributed by atoms with E-state index in [1.54, 1.807) is 22.7 Å². The standard InChI is InChI=1S/C10H11BrN2S2/c1-2-7-3-4-14-8(7)5-12-10-13-9(11)6-15-10/h3-4,6H,2,5H2,1H3,(H,12,13). The van der Waals surface area contributed by atoms with Gasteiger partial charge < -0.3 is 5.32 Å². The Morgan fingerprint density at radius 3 is 3.00 bits per heavy atom. The van der Waals surface area contributed by atoms with Crippen molar-refractivity contribution < 1.29 is 0 Å². The molecule has 2 aromatic heterocycles. The molecule has 0 unspecified atom stereocenters. The van der Waals surface area contributed by atoms with Gasteiger partial charge in [-0.05, 0) is 39.4 Å². The van der Waals surface area contributed by atoms with E-state index in [0.29, 0.717) is 0 Å². The van der Waals surface area contributed by atoms with Crippen molar-refractivity contribution in [3.8, 4) is 0 Å². The molecule has 80 valence electrons. The average Bonchev–Trinajstić information content (AvgIpc) is 2.83. The summed E-state index contributed by atoms with van der Waals surface area (Å²) in [5.74, 6) is 0.